The Morgan fingerprint density at radius 2 is 2.25 bits per heavy atom. The Balaban J connectivity index is 1.51. The number of carbonyl (C=O) groups is 2. The van der Waals surface area contributed by atoms with Gasteiger partial charge in [0, 0.05) is 11.4 Å². The van der Waals surface area contributed by atoms with Gasteiger partial charge in [0.2, 0.25) is 11.8 Å². The first-order valence-corrected chi connectivity index (χ1v) is 11.4. The van der Waals surface area contributed by atoms with Gasteiger partial charge in [0.05, 0.1) is 10.6 Å². The molecular formula is C19H26N4O3S2. The van der Waals surface area contributed by atoms with Crippen LogP contribution in [-0.2, 0) is 22.4 Å². The van der Waals surface area contributed by atoms with E-state index >= 15 is 0 Å². The molecule has 3 rings (SSSR count). The van der Waals surface area contributed by atoms with Crippen molar-refractivity contribution in [2.24, 2.45) is 5.92 Å². The van der Waals surface area contributed by atoms with Crippen LogP contribution < -0.4 is 10.6 Å². The molecule has 0 saturated carbocycles. The molecule has 7 nitrogen and oxygen atoms in total. The van der Waals surface area contributed by atoms with Crippen LogP contribution in [0, 0.1) is 5.92 Å². The van der Waals surface area contributed by atoms with Gasteiger partial charge in [0.25, 0.3) is 11.1 Å². The number of aromatic nitrogens is 2. The average Bonchev–Trinajstić information content (AvgIpc) is 3.30. The number of fused-ring (bicyclic) bond motifs is 1. The second-order valence-electron chi connectivity index (χ2n) is 7.15. The number of hydrogen-bond donors (Lipinski definition) is 2. The zero-order chi connectivity index (χ0) is 20.1. The molecule has 2 aromatic heterocycles. The third-order valence-corrected chi connectivity index (χ3v) is 6.64. The van der Waals surface area contributed by atoms with Gasteiger partial charge in [-0.25, -0.2) is 0 Å². The first-order valence-electron chi connectivity index (χ1n) is 9.61. The minimum Gasteiger partial charge on any atom is -0.410 e. The van der Waals surface area contributed by atoms with Gasteiger partial charge in [0.1, 0.15) is 6.04 Å². The minimum atomic E-state index is -0.572. The van der Waals surface area contributed by atoms with Crippen LogP contribution in [0.5, 0.6) is 0 Å². The van der Waals surface area contributed by atoms with E-state index < -0.39 is 6.04 Å². The van der Waals surface area contributed by atoms with Crippen molar-refractivity contribution < 1.29 is 14.0 Å². The van der Waals surface area contributed by atoms with Crippen LogP contribution >= 0.6 is 23.1 Å². The van der Waals surface area contributed by atoms with Crippen molar-refractivity contribution >= 4 is 34.9 Å². The lowest BCUT2D eigenvalue weighted by Gasteiger charge is -2.16. The summed E-state index contributed by atoms with van der Waals surface area (Å²) >= 11 is 2.89. The van der Waals surface area contributed by atoms with Gasteiger partial charge in [0.15, 0.2) is 0 Å². The Bertz CT molecular complexity index is 833. The van der Waals surface area contributed by atoms with Gasteiger partial charge in [-0.2, -0.15) is 0 Å². The monoisotopic (exact) mass is 422 g/mol. The summed E-state index contributed by atoms with van der Waals surface area (Å²) in [4.78, 5) is 26.3. The summed E-state index contributed by atoms with van der Waals surface area (Å²) in [6.07, 6.45) is 4.29. The zero-order valence-corrected chi connectivity index (χ0v) is 18.0. The van der Waals surface area contributed by atoms with Gasteiger partial charge in [-0.15, -0.1) is 21.5 Å². The van der Waals surface area contributed by atoms with E-state index in [9.17, 15) is 9.59 Å². The molecule has 152 valence electrons. The molecule has 28 heavy (non-hydrogen) atoms. The first-order chi connectivity index (χ1) is 13.5. The summed E-state index contributed by atoms with van der Waals surface area (Å²) in [7, 11) is 0. The maximum Gasteiger partial charge on any atom is 0.277 e. The fraction of sp³-hybridized carbons (Fsp3) is 0.579. The predicted octanol–water partition coefficient (Wildman–Crippen LogP) is 3.05. The third-order valence-electron chi connectivity index (χ3n) is 4.59. The van der Waals surface area contributed by atoms with Crippen molar-refractivity contribution in [1.82, 2.24) is 20.8 Å². The Morgan fingerprint density at radius 1 is 1.43 bits per heavy atom. The molecule has 0 aromatic carbocycles. The summed E-state index contributed by atoms with van der Waals surface area (Å²) in [6, 6.07) is 1.58. The van der Waals surface area contributed by atoms with Crippen molar-refractivity contribution in [3.63, 3.8) is 0 Å². The van der Waals surface area contributed by atoms with Crippen LogP contribution in [-0.4, -0.2) is 40.4 Å². The molecule has 2 atom stereocenters. The van der Waals surface area contributed by atoms with E-state index in [1.807, 2.05) is 6.92 Å². The Kier molecular flexibility index (Phi) is 7.12. The van der Waals surface area contributed by atoms with Gasteiger partial charge in [-0.05, 0) is 50.2 Å². The smallest absolute Gasteiger partial charge is 0.277 e. The molecule has 9 heteroatoms. The predicted molar refractivity (Wildman–Crippen MR) is 110 cm³/mol. The molecule has 0 spiro atoms. The van der Waals surface area contributed by atoms with E-state index in [1.165, 1.54) is 28.6 Å². The van der Waals surface area contributed by atoms with Crippen LogP contribution in [0.4, 0.5) is 0 Å². The second kappa shape index (κ2) is 9.56. The lowest BCUT2D eigenvalue weighted by Crippen LogP contribution is -2.45. The summed E-state index contributed by atoms with van der Waals surface area (Å²) in [5, 5.41) is 13.9. The number of amides is 2. The van der Waals surface area contributed by atoms with Crippen molar-refractivity contribution in [2.75, 3.05) is 12.3 Å². The lowest BCUT2D eigenvalue weighted by atomic mass is 9.90. The van der Waals surface area contributed by atoms with Crippen LogP contribution in [0.2, 0.25) is 0 Å². The average molecular weight is 423 g/mol. The molecule has 0 unspecified atom stereocenters. The topological polar surface area (TPSA) is 97.1 Å². The van der Waals surface area contributed by atoms with Gasteiger partial charge < -0.3 is 15.1 Å². The van der Waals surface area contributed by atoms with Gasteiger partial charge >= 0.3 is 0 Å². The van der Waals surface area contributed by atoms with E-state index in [0.717, 1.165) is 24.1 Å². The van der Waals surface area contributed by atoms with Crippen LogP contribution in [0.3, 0.4) is 0 Å². The van der Waals surface area contributed by atoms with E-state index in [2.05, 4.69) is 33.8 Å². The van der Waals surface area contributed by atoms with Crippen LogP contribution in [0.15, 0.2) is 15.7 Å². The summed E-state index contributed by atoms with van der Waals surface area (Å²) in [6.45, 7) is 6.52. The maximum atomic E-state index is 12.0. The highest BCUT2D eigenvalue weighted by atomic mass is 32.2. The summed E-state index contributed by atoms with van der Waals surface area (Å²) in [5.41, 5.74) is 1.39. The maximum absolute atomic E-state index is 12.0. The van der Waals surface area contributed by atoms with Crippen LogP contribution in [0.1, 0.15) is 44.1 Å². The molecule has 2 N–H and O–H groups in total. The molecule has 0 fully saturated rings. The number of rotatable bonds is 8. The minimum absolute atomic E-state index is 0.117. The van der Waals surface area contributed by atoms with E-state index in [-0.39, 0.29) is 17.6 Å². The molecular weight excluding hydrogens is 396 g/mol. The first kappa shape index (κ1) is 20.9. The summed E-state index contributed by atoms with van der Waals surface area (Å²) < 4.78 is 5.72. The lowest BCUT2D eigenvalue weighted by molar-refractivity contribution is -0.127. The highest BCUT2D eigenvalue weighted by Crippen LogP contribution is 2.37. The molecule has 2 aromatic rings. The fourth-order valence-electron chi connectivity index (χ4n) is 3.06. The Labute approximate surface area is 173 Å². The van der Waals surface area contributed by atoms with Gasteiger partial charge in [-0.3, -0.25) is 9.59 Å². The summed E-state index contributed by atoms with van der Waals surface area (Å²) in [5.74, 6) is 0.905. The standard InChI is InChI=1S/C19H26N4O3S2/c1-4-7-20-17(25)12(3)21-16(24)10-27-19-23-22-18(26-19)15-9-13-8-11(2)5-6-14(13)28-15/h9,11-12H,4-8,10H2,1-3H3,(H,20,25)(H,21,24)/t11-,12+/m0/s1. The molecule has 1 aliphatic carbocycles. The molecule has 1 aliphatic rings. The second-order valence-corrected chi connectivity index (χ2v) is 9.21. The highest BCUT2D eigenvalue weighted by Gasteiger charge is 2.21. The molecule has 0 radical (unpaired) electrons. The number of hydrogen-bond acceptors (Lipinski definition) is 7. The molecule has 2 amide bonds. The van der Waals surface area contributed by atoms with E-state index in [4.69, 9.17) is 4.42 Å². The molecule has 0 saturated heterocycles. The number of aryl methyl sites for hydroxylation is 1. The van der Waals surface area contributed by atoms with Crippen molar-refractivity contribution in [3.8, 4) is 10.8 Å². The van der Waals surface area contributed by atoms with E-state index in [1.54, 1.807) is 18.3 Å². The molecule has 0 bridgehead atoms. The Hall–Kier alpha value is -1.87. The normalized spacial score (nSPS) is 17.0. The van der Waals surface area contributed by atoms with Crippen molar-refractivity contribution in [3.05, 3.63) is 16.5 Å². The number of carbonyl (C=O) groups excluding carboxylic acids is 2. The van der Waals surface area contributed by atoms with Crippen LogP contribution in [0.25, 0.3) is 10.8 Å². The fourth-order valence-corrected chi connectivity index (χ4v) is 4.76. The number of nitrogens with one attached hydrogen (secondary N) is 2. The molecule has 2 heterocycles. The van der Waals surface area contributed by atoms with Crippen molar-refractivity contribution in [1.29, 1.82) is 0 Å². The number of thiophene rings is 1. The highest BCUT2D eigenvalue weighted by molar-refractivity contribution is 7.99. The number of nitrogens with zero attached hydrogens (tertiary/aromatic N) is 2. The zero-order valence-electron chi connectivity index (χ0n) is 16.4. The largest absolute Gasteiger partial charge is 0.410 e. The number of thioether (sulfide) groups is 1. The Morgan fingerprint density at radius 3 is 3.04 bits per heavy atom. The van der Waals surface area contributed by atoms with E-state index in [0.29, 0.717) is 23.6 Å². The van der Waals surface area contributed by atoms with Crippen molar-refractivity contribution in [2.45, 2.75) is 57.7 Å². The SMILES string of the molecule is CCCNC(=O)[C@@H](C)NC(=O)CSc1nnc(-c2cc3c(s2)CC[C@H](C)C3)o1. The molecule has 0 aliphatic heterocycles. The quantitative estimate of drug-likeness (QED) is 0.635. The third kappa shape index (κ3) is 5.35. The van der Waals surface area contributed by atoms with Gasteiger partial charge in [-0.1, -0.05) is 25.6 Å².